The predicted octanol–water partition coefficient (Wildman–Crippen LogP) is 4.66. The molecule has 0 saturated carbocycles. The Balaban J connectivity index is 2.40. The molecule has 0 aliphatic heterocycles. The van der Waals surface area contributed by atoms with Crippen molar-refractivity contribution in [2.24, 2.45) is 0 Å². The Morgan fingerprint density at radius 3 is 2.00 bits per heavy atom. The maximum absolute atomic E-state index is 14.1. The van der Waals surface area contributed by atoms with Gasteiger partial charge in [0.15, 0.2) is 0 Å². The fraction of sp³-hybridized carbons (Fsp3) is 0.458. The van der Waals surface area contributed by atoms with E-state index in [4.69, 9.17) is 0 Å². The van der Waals surface area contributed by atoms with Crippen molar-refractivity contribution >= 4 is 15.9 Å². The van der Waals surface area contributed by atoms with Crippen LogP contribution in [0.5, 0.6) is 0 Å². The highest BCUT2D eigenvalue weighted by Crippen LogP contribution is 2.30. The largest absolute Gasteiger partial charge is 0.386 e. The van der Waals surface area contributed by atoms with Gasteiger partial charge in [-0.3, -0.25) is 4.79 Å². The number of aryl methyl sites for hydroxylation is 1. The molecule has 2 aromatic carbocycles. The van der Waals surface area contributed by atoms with E-state index in [0.717, 1.165) is 0 Å². The topological polar surface area (TPSA) is 83.5 Å². The highest BCUT2D eigenvalue weighted by Gasteiger charge is 2.25. The molecule has 2 rings (SSSR count). The number of hydrogen-bond acceptors (Lipinski definition) is 4. The molecule has 1 amide bonds. The average molecular weight is 450 g/mol. The van der Waals surface area contributed by atoms with E-state index in [1.807, 2.05) is 27.7 Å². The maximum Gasteiger partial charge on any atom is 0.264 e. The molecule has 170 valence electrons. The van der Waals surface area contributed by atoms with Crippen LogP contribution in [0.1, 0.15) is 81.2 Å². The lowest BCUT2D eigenvalue weighted by Crippen LogP contribution is -2.33. The van der Waals surface area contributed by atoms with Gasteiger partial charge in [0.05, 0.1) is 16.9 Å². The van der Waals surface area contributed by atoms with Crippen LogP contribution in [-0.4, -0.2) is 19.4 Å². The Kier molecular flexibility index (Phi) is 7.33. The maximum atomic E-state index is 14.1. The zero-order chi connectivity index (χ0) is 23.7. The van der Waals surface area contributed by atoms with Crippen LogP contribution >= 0.6 is 0 Å². The molecule has 0 saturated heterocycles. The van der Waals surface area contributed by atoms with Crippen LogP contribution in [0.2, 0.25) is 0 Å². The first-order chi connectivity index (χ1) is 14.1. The third kappa shape index (κ3) is 6.14. The number of carbonyl (C=O) groups excluding carboxylic acids is 1. The summed E-state index contributed by atoms with van der Waals surface area (Å²) < 4.78 is 42.0. The van der Waals surface area contributed by atoms with Gasteiger partial charge in [0.2, 0.25) is 5.91 Å². The Morgan fingerprint density at radius 2 is 1.55 bits per heavy atom. The van der Waals surface area contributed by atoms with Crippen LogP contribution in [0.4, 0.5) is 4.39 Å². The number of hydrogen-bond donors (Lipinski definition) is 2. The van der Waals surface area contributed by atoms with E-state index in [-0.39, 0.29) is 29.0 Å². The molecule has 0 bridgehead atoms. The van der Waals surface area contributed by atoms with E-state index >= 15 is 0 Å². The quantitative estimate of drug-likeness (QED) is 0.644. The number of halogens is 1. The van der Waals surface area contributed by atoms with E-state index in [0.29, 0.717) is 27.8 Å². The van der Waals surface area contributed by atoms with Gasteiger partial charge in [-0.05, 0) is 84.7 Å². The van der Waals surface area contributed by atoms with Gasteiger partial charge in [0.1, 0.15) is 5.82 Å². The zero-order valence-electron chi connectivity index (χ0n) is 19.2. The molecule has 31 heavy (non-hydrogen) atoms. The van der Waals surface area contributed by atoms with Crippen molar-refractivity contribution in [1.82, 2.24) is 4.72 Å². The lowest BCUT2D eigenvalue weighted by Gasteiger charge is -2.21. The van der Waals surface area contributed by atoms with Crippen molar-refractivity contribution in [2.45, 2.75) is 77.2 Å². The summed E-state index contributed by atoms with van der Waals surface area (Å²) >= 11 is 0. The number of benzene rings is 2. The average Bonchev–Trinajstić information content (AvgIpc) is 2.60. The second-order valence-corrected chi connectivity index (χ2v) is 10.9. The van der Waals surface area contributed by atoms with Gasteiger partial charge in [-0.15, -0.1) is 0 Å². The third-order valence-electron chi connectivity index (χ3n) is 5.18. The van der Waals surface area contributed by atoms with Crippen molar-refractivity contribution in [3.05, 3.63) is 64.0 Å². The number of rotatable bonds is 7. The first-order valence-corrected chi connectivity index (χ1v) is 11.8. The molecule has 7 heteroatoms. The smallest absolute Gasteiger partial charge is 0.264 e. The molecule has 5 nitrogen and oxygen atoms in total. The van der Waals surface area contributed by atoms with Crippen LogP contribution in [0.15, 0.2) is 35.2 Å². The molecule has 0 aromatic heterocycles. The zero-order valence-corrected chi connectivity index (χ0v) is 20.0. The lowest BCUT2D eigenvalue weighted by atomic mass is 9.87. The highest BCUT2D eigenvalue weighted by molar-refractivity contribution is 7.90. The van der Waals surface area contributed by atoms with Gasteiger partial charge >= 0.3 is 0 Å². The molecule has 0 heterocycles. The lowest BCUT2D eigenvalue weighted by molar-refractivity contribution is -0.118. The van der Waals surface area contributed by atoms with Crippen LogP contribution in [0.3, 0.4) is 0 Å². The van der Waals surface area contributed by atoms with Crippen molar-refractivity contribution in [3.8, 4) is 0 Å². The first kappa shape index (κ1) is 25.0. The van der Waals surface area contributed by atoms with Crippen LogP contribution in [-0.2, 0) is 26.8 Å². The summed E-state index contributed by atoms with van der Waals surface area (Å²) in [4.78, 5) is 12.7. The Bertz CT molecular complexity index is 1050. The minimum absolute atomic E-state index is 0.0290. The molecule has 0 fully saturated rings. The molecule has 0 atom stereocenters. The van der Waals surface area contributed by atoms with Gasteiger partial charge in [0.25, 0.3) is 10.0 Å². The summed E-state index contributed by atoms with van der Waals surface area (Å²) in [6.07, 6.45) is -0.176. The van der Waals surface area contributed by atoms with E-state index in [2.05, 4.69) is 4.72 Å². The Morgan fingerprint density at radius 1 is 1.03 bits per heavy atom. The summed E-state index contributed by atoms with van der Waals surface area (Å²) in [7, 11) is -4.14. The van der Waals surface area contributed by atoms with Gasteiger partial charge in [-0.2, -0.15) is 0 Å². The standard InChI is InChI=1S/C24H32FNO4S/c1-14(2)20-11-18(25)12-21(15(3)4)22(20)13-23(27)26-31(29,30)19-9-16(5)8-17(10-19)24(6,7)28/h8-12,14-15,28H,13H2,1-7H3,(H,26,27). The fourth-order valence-corrected chi connectivity index (χ4v) is 4.69. The van der Waals surface area contributed by atoms with E-state index in [9.17, 15) is 22.7 Å². The summed E-state index contributed by atoms with van der Waals surface area (Å²) in [5.41, 5.74) is 1.89. The molecule has 0 aliphatic rings. The molecule has 0 aliphatic carbocycles. The molecular formula is C24H32FNO4S. The van der Waals surface area contributed by atoms with Crippen molar-refractivity contribution in [3.63, 3.8) is 0 Å². The third-order valence-corrected chi connectivity index (χ3v) is 6.53. The summed E-state index contributed by atoms with van der Waals surface area (Å²) in [6, 6.07) is 7.32. The second-order valence-electron chi connectivity index (χ2n) is 9.17. The molecular weight excluding hydrogens is 417 g/mol. The number of aliphatic hydroxyl groups is 1. The van der Waals surface area contributed by atoms with Gasteiger partial charge in [-0.25, -0.2) is 17.5 Å². The van der Waals surface area contributed by atoms with Gasteiger partial charge in [0, 0.05) is 0 Å². The van der Waals surface area contributed by atoms with E-state index < -0.39 is 21.5 Å². The van der Waals surface area contributed by atoms with Gasteiger partial charge in [-0.1, -0.05) is 33.8 Å². The Labute approximate surface area is 184 Å². The molecule has 0 unspecified atom stereocenters. The Hall–Kier alpha value is -2.25. The number of amides is 1. The minimum atomic E-state index is -4.14. The molecule has 2 aromatic rings. The van der Waals surface area contributed by atoms with Crippen molar-refractivity contribution in [1.29, 1.82) is 0 Å². The minimum Gasteiger partial charge on any atom is -0.386 e. The first-order valence-electron chi connectivity index (χ1n) is 10.3. The predicted molar refractivity (Wildman–Crippen MR) is 120 cm³/mol. The fourth-order valence-electron chi connectivity index (χ4n) is 3.58. The second kappa shape index (κ2) is 9.09. The number of sulfonamides is 1. The summed E-state index contributed by atoms with van der Waals surface area (Å²) in [5, 5.41) is 10.3. The molecule has 0 spiro atoms. The number of nitrogens with one attached hydrogen (secondary N) is 1. The monoisotopic (exact) mass is 449 g/mol. The molecule has 2 N–H and O–H groups in total. The van der Waals surface area contributed by atoms with Crippen LogP contribution < -0.4 is 4.72 Å². The van der Waals surface area contributed by atoms with Crippen molar-refractivity contribution < 1.29 is 22.7 Å². The highest BCUT2D eigenvalue weighted by atomic mass is 32.2. The van der Waals surface area contributed by atoms with E-state index in [1.54, 1.807) is 26.8 Å². The summed E-state index contributed by atoms with van der Waals surface area (Å²) in [6.45, 7) is 12.5. The van der Waals surface area contributed by atoms with Crippen molar-refractivity contribution in [2.75, 3.05) is 0 Å². The van der Waals surface area contributed by atoms with Crippen LogP contribution in [0.25, 0.3) is 0 Å². The summed E-state index contributed by atoms with van der Waals surface area (Å²) in [5.74, 6) is -1.12. The van der Waals surface area contributed by atoms with Crippen LogP contribution in [0, 0.1) is 12.7 Å². The molecule has 0 radical (unpaired) electrons. The van der Waals surface area contributed by atoms with E-state index in [1.165, 1.54) is 24.3 Å². The normalized spacial score (nSPS) is 12.5. The van der Waals surface area contributed by atoms with Gasteiger partial charge < -0.3 is 5.11 Å². The number of carbonyl (C=O) groups is 1. The SMILES string of the molecule is Cc1cc(C(C)(C)O)cc(S(=O)(=O)NC(=O)Cc2c(C(C)C)cc(F)cc2C(C)C)c1.